The van der Waals surface area contributed by atoms with Gasteiger partial charge in [0.05, 0.1) is 11.0 Å². The van der Waals surface area contributed by atoms with E-state index in [1.165, 1.54) is 0 Å². The maximum absolute atomic E-state index is 11.9. The lowest BCUT2D eigenvalue weighted by molar-refractivity contribution is -0.120. The molecule has 1 aliphatic rings. The van der Waals surface area contributed by atoms with Crippen LogP contribution in [-0.2, 0) is 14.6 Å². The van der Waals surface area contributed by atoms with Gasteiger partial charge in [0.25, 0.3) is 0 Å². The van der Waals surface area contributed by atoms with Crippen LogP contribution >= 0.6 is 0 Å². The summed E-state index contributed by atoms with van der Waals surface area (Å²) in [5.41, 5.74) is 0. The third-order valence-corrected chi connectivity index (χ3v) is 5.38. The third kappa shape index (κ3) is 5.04. The van der Waals surface area contributed by atoms with E-state index in [9.17, 15) is 13.2 Å². The molecule has 5 nitrogen and oxygen atoms in total. The fraction of sp³-hybridized carbons (Fsp3) is 0.909. The van der Waals surface area contributed by atoms with Crippen molar-refractivity contribution < 1.29 is 13.2 Å². The van der Waals surface area contributed by atoms with E-state index in [1.807, 2.05) is 0 Å². The zero-order valence-corrected chi connectivity index (χ0v) is 11.2. The van der Waals surface area contributed by atoms with Crippen molar-refractivity contribution in [3.8, 4) is 0 Å². The Morgan fingerprint density at radius 2 is 1.88 bits per heavy atom. The van der Waals surface area contributed by atoms with Crippen LogP contribution in [0.2, 0.25) is 0 Å². The summed E-state index contributed by atoms with van der Waals surface area (Å²) in [7, 11) is -1.26. The number of sulfone groups is 1. The standard InChI is InChI=1S/C11H22N2O3S/c1-12-7-8-13-11(14)6-9-17(15,16)10-4-2-3-5-10/h10,12H,2-9H2,1H3,(H,13,14). The molecule has 0 radical (unpaired) electrons. The number of carbonyl (C=O) groups is 1. The number of nitrogens with one attached hydrogen (secondary N) is 2. The maximum atomic E-state index is 11.9. The molecule has 2 N–H and O–H groups in total. The summed E-state index contributed by atoms with van der Waals surface area (Å²) in [5.74, 6) is -0.190. The van der Waals surface area contributed by atoms with Crippen molar-refractivity contribution in [3.05, 3.63) is 0 Å². The van der Waals surface area contributed by atoms with Crippen LogP contribution in [0, 0.1) is 0 Å². The van der Waals surface area contributed by atoms with Gasteiger partial charge in [-0.1, -0.05) is 12.8 Å². The highest BCUT2D eigenvalue weighted by Gasteiger charge is 2.28. The number of likely N-dealkylation sites (N-methyl/N-ethyl adjacent to an activating group) is 1. The van der Waals surface area contributed by atoms with E-state index in [4.69, 9.17) is 0 Å². The lowest BCUT2D eigenvalue weighted by Crippen LogP contribution is -2.32. The van der Waals surface area contributed by atoms with Crippen molar-refractivity contribution in [3.63, 3.8) is 0 Å². The molecular formula is C11H22N2O3S. The van der Waals surface area contributed by atoms with Gasteiger partial charge in [-0.3, -0.25) is 4.79 Å². The lowest BCUT2D eigenvalue weighted by Gasteiger charge is -2.10. The van der Waals surface area contributed by atoms with Gasteiger partial charge in [0.15, 0.2) is 9.84 Å². The Hall–Kier alpha value is -0.620. The fourth-order valence-corrected chi connectivity index (χ4v) is 3.92. The normalized spacial score (nSPS) is 17.2. The molecule has 1 saturated carbocycles. The molecule has 0 aromatic carbocycles. The fourth-order valence-electron chi connectivity index (χ4n) is 2.06. The first-order valence-corrected chi connectivity index (χ1v) is 7.90. The van der Waals surface area contributed by atoms with Crippen molar-refractivity contribution in [1.29, 1.82) is 0 Å². The molecule has 0 aromatic heterocycles. The average Bonchev–Trinajstić information content (AvgIpc) is 2.81. The minimum Gasteiger partial charge on any atom is -0.355 e. The molecule has 0 aromatic rings. The number of amides is 1. The molecule has 0 saturated heterocycles. The Morgan fingerprint density at radius 1 is 1.24 bits per heavy atom. The van der Waals surface area contributed by atoms with Crippen LogP contribution in [0.15, 0.2) is 0 Å². The second-order valence-electron chi connectivity index (χ2n) is 4.48. The second-order valence-corrected chi connectivity index (χ2v) is 6.88. The minimum absolute atomic E-state index is 0.0109. The van der Waals surface area contributed by atoms with Crippen molar-refractivity contribution in [1.82, 2.24) is 10.6 Å². The lowest BCUT2D eigenvalue weighted by atomic mass is 10.4. The zero-order valence-electron chi connectivity index (χ0n) is 10.4. The van der Waals surface area contributed by atoms with E-state index in [1.54, 1.807) is 7.05 Å². The van der Waals surface area contributed by atoms with Crippen LogP contribution < -0.4 is 10.6 Å². The number of hydrogen-bond acceptors (Lipinski definition) is 4. The molecule has 6 heteroatoms. The summed E-state index contributed by atoms with van der Waals surface area (Å²) in [6.45, 7) is 1.24. The van der Waals surface area contributed by atoms with Gasteiger partial charge in [0, 0.05) is 19.5 Å². The molecule has 1 aliphatic carbocycles. The highest BCUT2D eigenvalue weighted by Crippen LogP contribution is 2.25. The molecule has 100 valence electrons. The predicted octanol–water partition coefficient (Wildman–Crippen LogP) is 0.0695. The Kier molecular flexibility index (Phi) is 5.91. The topological polar surface area (TPSA) is 75.3 Å². The molecule has 0 bridgehead atoms. The number of carbonyl (C=O) groups excluding carboxylic acids is 1. The van der Waals surface area contributed by atoms with Gasteiger partial charge < -0.3 is 10.6 Å². The van der Waals surface area contributed by atoms with E-state index in [0.717, 1.165) is 25.7 Å². The van der Waals surface area contributed by atoms with Crippen LogP contribution in [0.5, 0.6) is 0 Å². The first kappa shape index (κ1) is 14.4. The maximum Gasteiger partial charge on any atom is 0.221 e. The summed E-state index contributed by atoms with van der Waals surface area (Å²) in [6, 6.07) is 0. The van der Waals surface area contributed by atoms with Gasteiger partial charge in [-0.2, -0.15) is 0 Å². The molecule has 0 spiro atoms. The molecular weight excluding hydrogens is 240 g/mol. The van der Waals surface area contributed by atoms with Crippen LogP contribution in [0.1, 0.15) is 32.1 Å². The van der Waals surface area contributed by atoms with Gasteiger partial charge in [-0.25, -0.2) is 8.42 Å². The van der Waals surface area contributed by atoms with E-state index >= 15 is 0 Å². The largest absolute Gasteiger partial charge is 0.355 e. The predicted molar refractivity (Wildman–Crippen MR) is 67.6 cm³/mol. The Labute approximate surface area is 103 Å². The van der Waals surface area contributed by atoms with E-state index in [2.05, 4.69) is 10.6 Å². The Balaban J connectivity index is 2.26. The van der Waals surface area contributed by atoms with Gasteiger partial charge in [0.2, 0.25) is 5.91 Å². The summed E-state index contributed by atoms with van der Waals surface area (Å²) in [4.78, 5) is 11.4. The molecule has 1 rings (SSSR count). The highest BCUT2D eigenvalue weighted by atomic mass is 32.2. The minimum atomic E-state index is -3.06. The molecule has 17 heavy (non-hydrogen) atoms. The quantitative estimate of drug-likeness (QED) is 0.637. The first-order chi connectivity index (χ1) is 8.06. The van der Waals surface area contributed by atoms with Gasteiger partial charge in [-0.05, 0) is 19.9 Å². The summed E-state index contributed by atoms with van der Waals surface area (Å²) in [5, 5.41) is 5.39. The summed E-state index contributed by atoms with van der Waals surface area (Å²) < 4.78 is 23.7. The highest BCUT2D eigenvalue weighted by molar-refractivity contribution is 7.92. The SMILES string of the molecule is CNCCNC(=O)CCS(=O)(=O)C1CCCC1. The Morgan fingerprint density at radius 3 is 2.47 bits per heavy atom. The smallest absolute Gasteiger partial charge is 0.221 e. The van der Waals surface area contributed by atoms with E-state index in [0.29, 0.717) is 13.1 Å². The monoisotopic (exact) mass is 262 g/mol. The number of hydrogen-bond donors (Lipinski definition) is 2. The van der Waals surface area contributed by atoms with Crippen molar-refractivity contribution in [2.24, 2.45) is 0 Å². The zero-order chi connectivity index (χ0) is 12.7. The summed E-state index contributed by atoms with van der Waals surface area (Å²) in [6.07, 6.45) is 3.62. The van der Waals surface area contributed by atoms with Crippen molar-refractivity contribution >= 4 is 15.7 Å². The van der Waals surface area contributed by atoms with Gasteiger partial charge in [0.1, 0.15) is 0 Å². The van der Waals surface area contributed by atoms with Crippen molar-refractivity contribution in [2.45, 2.75) is 37.4 Å². The van der Waals surface area contributed by atoms with E-state index < -0.39 is 9.84 Å². The van der Waals surface area contributed by atoms with Crippen LogP contribution in [0.25, 0.3) is 0 Å². The molecule has 0 aliphatic heterocycles. The second kappa shape index (κ2) is 6.96. The third-order valence-electron chi connectivity index (χ3n) is 3.12. The van der Waals surface area contributed by atoms with Gasteiger partial charge in [-0.15, -0.1) is 0 Å². The van der Waals surface area contributed by atoms with Crippen molar-refractivity contribution in [2.75, 3.05) is 25.9 Å². The van der Waals surface area contributed by atoms with Gasteiger partial charge >= 0.3 is 0 Å². The molecule has 0 atom stereocenters. The summed E-state index contributed by atoms with van der Waals surface area (Å²) >= 11 is 0. The van der Waals surface area contributed by atoms with Crippen LogP contribution in [-0.4, -0.2) is 45.5 Å². The average molecular weight is 262 g/mol. The van der Waals surface area contributed by atoms with E-state index in [-0.39, 0.29) is 23.3 Å². The molecule has 1 amide bonds. The molecule has 0 unspecified atom stereocenters. The van der Waals surface area contributed by atoms with Crippen LogP contribution in [0.4, 0.5) is 0 Å². The first-order valence-electron chi connectivity index (χ1n) is 6.19. The molecule has 0 heterocycles. The van der Waals surface area contributed by atoms with Crippen LogP contribution in [0.3, 0.4) is 0 Å². The number of rotatable bonds is 7. The Bertz CT molecular complexity index is 335. The molecule has 1 fully saturated rings.